The second kappa shape index (κ2) is 5.08. The molecular weight excluding hydrogens is 330 g/mol. The van der Waals surface area contributed by atoms with Crippen LogP contribution in [0.1, 0.15) is 0 Å². The van der Waals surface area contributed by atoms with Crippen molar-refractivity contribution >= 4 is 21.6 Å². The molecule has 2 rings (SSSR count). The predicted octanol–water partition coefficient (Wildman–Crippen LogP) is 4.38. The summed E-state index contributed by atoms with van der Waals surface area (Å²) in [4.78, 5) is 0. The quantitative estimate of drug-likeness (QED) is 0.502. The number of benzene rings is 2. The summed E-state index contributed by atoms with van der Waals surface area (Å²) < 4.78 is 57.9. The van der Waals surface area contributed by atoms with Crippen molar-refractivity contribution in [1.29, 1.82) is 0 Å². The molecule has 0 aromatic heterocycles. The van der Waals surface area contributed by atoms with E-state index in [0.717, 1.165) is 18.2 Å². The maximum absolute atomic E-state index is 13.5. The van der Waals surface area contributed by atoms with Crippen LogP contribution in [0.3, 0.4) is 0 Å². The molecule has 0 amide bonds. The lowest BCUT2D eigenvalue weighted by molar-refractivity contribution is 0.412. The van der Waals surface area contributed by atoms with E-state index in [-0.39, 0.29) is 4.47 Å². The first-order chi connectivity index (χ1) is 8.88. The zero-order valence-corrected chi connectivity index (χ0v) is 10.8. The third-order valence-corrected chi connectivity index (χ3v) is 2.69. The van der Waals surface area contributed by atoms with Gasteiger partial charge in [0, 0.05) is 16.6 Å². The van der Waals surface area contributed by atoms with Crippen molar-refractivity contribution in [3.05, 3.63) is 52.0 Å². The van der Waals surface area contributed by atoms with Crippen molar-refractivity contribution < 1.29 is 22.3 Å². The fraction of sp³-hybridized carbons (Fsp3) is 0. The van der Waals surface area contributed by atoms with Gasteiger partial charge in [-0.3, -0.25) is 0 Å². The molecule has 0 heterocycles. The van der Waals surface area contributed by atoms with Crippen molar-refractivity contribution in [3.63, 3.8) is 0 Å². The van der Waals surface area contributed by atoms with E-state index in [2.05, 4.69) is 15.9 Å². The number of halogens is 5. The summed E-state index contributed by atoms with van der Waals surface area (Å²) in [6, 6.07) is 3.33. The lowest BCUT2D eigenvalue weighted by atomic mass is 10.2. The van der Waals surface area contributed by atoms with Gasteiger partial charge in [0.2, 0.25) is 5.82 Å². The van der Waals surface area contributed by atoms with Crippen LogP contribution in [-0.2, 0) is 0 Å². The largest absolute Gasteiger partial charge is 0.452 e. The van der Waals surface area contributed by atoms with E-state index in [9.17, 15) is 17.6 Å². The van der Waals surface area contributed by atoms with Crippen LogP contribution in [0.4, 0.5) is 23.2 Å². The fourth-order valence-electron chi connectivity index (χ4n) is 1.37. The first-order valence-electron chi connectivity index (χ1n) is 4.95. The second-order valence-corrected chi connectivity index (χ2v) is 4.52. The average Bonchev–Trinajstić information content (AvgIpc) is 2.31. The summed E-state index contributed by atoms with van der Waals surface area (Å²) in [5.74, 6) is -5.42. The Morgan fingerprint density at radius 1 is 0.895 bits per heavy atom. The Bertz CT molecular complexity index is 593. The van der Waals surface area contributed by atoms with E-state index in [0.29, 0.717) is 6.07 Å². The van der Waals surface area contributed by atoms with Gasteiger partial charge in [-0.05, 0) is 12.1 Å². The third kappa shape index (κ3) is 2.81. The molecule has 0 bridgehead atoms. The van der Waals surface area contributed by atoms with Crippen LogP contribution >= 0.6 is 15.9 Å². The number of nitrogen functional groups attached to an aromatic ring is 1. The van der Waals surface area contributed by atoms with E-state index in [4.69, 9.17) is 10.5 Å². The number of rotatable bonds is 2. The minimum Gasteiger partial charge on any atom is -0.452 e. The number of nitrogens with two attached hydrogens (primary N) is 1. The molecule has 0 aliphatic carbocycles. The molecule has 0 fully saturated rings. The van der Waals surface area contributed by atoms with Gasteiger partial charge in [-0.25, -0.2) is 13.2 Å². The molecule has 0 spiro atoms. The molecule has 0 radical (unpaired) electrons. The van der Waals surface area contributed by atoms with Gasteiger partial charge in [0.25, 0.3) is 0 Å². The summed E-state index contributed by atoms with van der Waals surface area (Å²) in [6.45, 7) is 0. The highest BCUT2D eigenvalue weighted by Crippen LogP contribution is 2.34. The summed E-state index contributed by atoms with van der Waals surface area (Å²) in [6.07, 6.45) is 0. The van der Waals surface area contributed by atoms with Crippen molar-refractivity contribution in [2.45, 2.75) is 0 Å². The normalized spacial score (nSPS) is 10.6. The molecule has 2 aromatic carbocycles. The highest BCUT2D eigenvalue weighted by atomic mass is 79.9. The summed E-state index contributed by atoms with van der Waals surface area (Å²) in [5.41, 5.74) is 4.83. The smallest absolute Gasteiger partial charge is 0.201 e. The van der Waals surface area contributed by atoms with Crippen LogP contribution in [0.15, 0.2) is 28.7 Å². The minimum atomic E-state index is -1.28. The summed E-state index contributed by atoms with van der Waals surface area (Å²) in [7, 11) is 0. The molecule has 19 heavy (non-hydrogen) atoms. The van der Waals surface area contributed by atoms with E-state index < -0.39 is 40.5 Å². The number of anilines is 1. The zero-order valence-electron chi connectivity index (χ0n) is 9.18. The van der Waals surface area contributed by atoms with Crippen molar-refractivity contribution in [3.8, 4) is 11.5 Å². The second-order valence-electron chi connectivity index (χ2n) is 3.60. The first kappa shape index (κ1) is 13.7. The molecule has 0 saturated heterocycles. The van der Waals surface area contributed by atoms with E-state index >= 15 is 0 Å². The van der Waals surface area contributed by atoms with Gasteiger partial charge in [0.05, 0.1) is 0 Å². The molecule has 2 aromatic rings. The van der Waals surface area contributed by atoms with Gasteiger partial charge in [0.1, 0.15) is 11.5 Å². The highest BCUT2D eigenvalue weighted by Gasteiger charge is 2.16. The Kier molecular flexibility index (Phi) is 3.66. The van der Waals surface area contributed by atoms with Gasteiger partial charge >= 0.3 is 0 Å². The molecule has 0 saturated carbocycles. The molecule has 100 valence electrons. The topological polar surface area (TPSA) is 35.2 Å². The van der Waals surface area contributed by atoms with Crippen LogP contribution in [0.5, 0.6) is 11.5 Å². The Morgan fingerprint density at radius 3 is 2.26 bits per heavy atom. The number of hydrogen-bond acceptors (Lipinski definition) is 2. The molecule has 2 nitrogen and oxygen atoms in total. The lowest BCUT2D eigenvalue weighted by Crippen LogP contribution is -1.99. The summed E-state index contributed by atoms with van der Waals surface area (Å²) in [5, 5.41) is 0. The Hall–Kier alpha value is -1.76. The molecule has 7 heteroatoms. The van der Waals surface area contributed by atoms with Crippen LogP contribution in [0, 0.1) is 23.3 Å². The van der Waals surface area contributed by atoms with Gasteiger partial charge in [-0.1, -0.05) is 15.9 Å². The number of ether oxygens (including phenoxy) is 1. The number of hydrogen-bond donors (Lipinski definition) is 1. The SMILES string of the molecule is Nc1c(F)cc(F)cc1Oc1cc(Br)cc(F)c1F. The van der Waals surface area contributed by atoms with Crippen LogP contribution in [-0.4, -0.2) is 0 Å². The maximum atomic E-state index is 13.5. The first-order valence-corrected chi connectivity index (χ1v) is 5.74. The lowest BCUT2D eigenvalue weighted by Gasteiger charge is -2.10. The third-order valence-electron chi connectivity index (χ3n) is 2.24. The highest BCUT2D eigenvalue weighted by molar-refractivity contribution is 9.10. The minimum absolute atomic E-state index is 0.205. The van der Waals surface area contributed by atoms with E-state index in [1.165, 1.54) is 0 Å². The molecule has 2 N–H and O–H groups in total. The monoisotopic (exact) mass is 335 g/mol. The molecule has 0 aliphatic heterocycles. The Morgan fingerprint density at radius 2 is 1.58 bits per heavy atom. The molecular formula is C12H6BrF4NO. The predicted molar refractivity (Wildman–Crippen MR) is 64.9 cm³/mol. The molecule has 0 aliphatic rings. The molecule has 0 atom stereocenters. The van der Waals surface area contributed by atoms with Crippen LogP contribution < -0.4 is 10.5 Å². The zero-order chi connectivity index (χ0) is 14.2. The standard InChI is InChI=1S/C12H6BrF4NO/c13-5-1-7(15)11(17)9(2-5)19-10-4-6(14)3-8(16)12(10)18/h1-4H,18H2. The van der Waals surface area contributed by atoms with Gasteiger partial charge in [-0.15, -0.1) is 0 Å². The maximum Gasteiger partial charge on any atom is 0.201 e. The van der Waals surface area contributed by atoms with Gasteiger partial charge < -0.3 is 10.5 Å². The van der Waals surface area contributed by atoms with E-state index in [1.807, 2.05) is 0 Å². The van der Waals surface area contributed by atoms with Gasteiger partial charge in [-0.2, -0.15) is 4.39 Å². The fourth-order valence-corrected chi connectivity index (χ4v) is 1.78. The Balaban J connectivity index is 2.47. The van der Waals surface area contributed by atoms with Crippen molar-refractivity contribution in [2.75, 3.05) is 5.73 Å². The van der Waals surface area contributed by atoms with Crippen molar-refractivity contribution in [1.82, 2.24) is 0 Å². The van der Waals surface area contributed by atoms with Gasteiger partial charge in [0.15, 0.2) is 23.1 Å². The van der Waals surface area contributed by atoms with Crippen molar-refractivity contribution in [2.24, 2.45) is 0 Å². The Labute approximate surface area is 113 Å². The van der Waals surface area contributed by atoms with Crippen LogP contribution in [0.2, 0.25) is 0 Å². The average molecular weight is 336 g/mol. The van der Waals surface area contributed by atoms with Crippen LogP contribution in [0.25, 0.3) is 0 Å². The molecule has 0 unspecified atom stereocenters. The van der Waals surface area contributed by atoms with E-state index in [1.54, 1.807) is 0 Å². The summed E-state index contributed by atoms with van der Waals surface area (Å²) >= 11 is 2.94.